The van der Waals surface area contributed by atoms with E-state index in [4.69, 9.17) is 4.74 Å². The Hall–Kier alpha value is -2.29. The van der Waals surface area contributed by atoms with Crippen molar-refractivity contribution < 1.29 is 9.53 Å². The van der Waals surface area contributed by atoms with Crippen LogP contribution < -0.4 is 4.90 Å². The van der Waals surface area contributed by atoms with E-state index in [1.54, 1.807) is 23.2 Å². The summed E-state index contributed by atoms with van der Waals surface area (Å²) in [6.45, 7) is 8.22. The number of hydrogen-bond acceptors (Lipinski definition) is 5. The number of nitriles is 1. The molecule has 0 aliphatic carbocycles. The van der Waals surface area contributed by atoms with Gasteiger partial charge in [0.2, 0.25) is 0 Å². The van der Waals surface area contributed by atoms with Crippen molar-refractivity contribution in [1.82, 2.24) is 9.88 Å². The van der Waals surface area contributed by atoms with Crippen molar-refractivity contribution in [3.63, 3.8) is 0 Å². The molecule has 1 aliphatic rings. The highest BCUT2D eigenvalue weighted by Crippen LogP contribution is 2.19. The molecule has 2 heterocycles. The molecule has 0 atom stereocenters. The Morgan fingerprint density at radius 1 is 1.32 bits per heavy atom. The summed E-state index contributed by atoms with van der Waals surface area (Å²) in [6, 6.07) is 5.69. The molecule has 0 aromatic carbocycles. The summed E-state index contributed by atoms with van der Waals surface area (Å²) >= 11 is 0. The average molecular weight is 302 g/mol. The Labute approximate surface area is 131 Å². The van der Waals surface area contributed by atoms with E-state index in [2.05, 4.69) is 16.0 Å². The van der Waals surface area contributed by atoms with Crippen molar-refractivity contribution in [3.05, 3.63) is 23.9 Å². The van der Waals surface area contributed by atoms with E-state index in [0.717, 1.165) is 13.0 Å². The molecule has 0 N–H and O–H groups in total. The zero-order chi connectivity index (χ0) is 16.2. The Balaban J connectivity index is 2.04. The van der Waals surface area contributed by atoms with Crippen LogP contribution in [0.4, 0.5) is 10.6 Å². The summed E-state index contributed by atoms with van der Waals surface area (Å²) in [5.41, 5.74) is 0.0751. The number of carbonyl (C=O) groups excluding carboxylic acids is 1. The van der Waals surface area contributed by atoms with Crippen molar-refractivity contribution in [1.29, 1.82) is 5.26 Å². The second-order valence-corrected chi connectivity index (χ2v) is 6.29. The maximum Gasteiger partial charge on any atom is 0.410 e. The van der Waals surface area contributed by atoms with Crippen molar-refractivity contribution in [2.24, 2.45) is 0 Å². The Kier molecular flexibility index (Phi) is 4.86. The van der Waals surface area contributed by atoms with Gasteiger partial charge in [0.25, 0.3) is 0 Å². The molecule has 1 aromatic heterocycles. The third-order valence-corrected chi connectivity index (χ3v) is 3.35. The predicted molar refractivity (Wildman–Crippen MR) is 83.6 cm³/mol. The summed E-state index contributed by atoms with van der Waals surface area (Å²) in [5.74, 6) is 0.691. The molecule has 0 unspecified atom stereocenters. The maximum atomic E-state index is 12.2. The molecule has 6 heteroatoms. The number of carbonyl (C=O) groups is 1. The number of hydrogen-bond donors (Lipinski definition) is 0. The zero-order valence-electron chi connectivity index (χ0n) is 13.4. The fraction of sp³-hybridized carbons (Fsp3) is 0.562. The molecular formula is C16H22N4O2. The summed E-state index contributed by atoms with van der Waals surface area (Å²) in [4.78, 5) is 20.2. The molecule has 0 bridgehead atoms. The predicted octanol–water partition coefficient (Wildman–Crippen LogP) is 2.40. The van der Waals surface area contributed by atoms with Crippen LogP contribution in [0.15, 0.2) is 18.3 Å². The van der Waals surface area contributed by atoms with Crippen LogP contribution in [0.2, 0.25) is 0 Å². The Bertz CT molecular complexity index is 574. The van der Waals surface area contributed by atoms with Gasteiger partial charge in [0, 0.05) is 32.4 Å². The molecule has 1 amide bonds. The molecule has 1 aliphatic heterocycles. The van der Waals surface area contributed by atoms with Crippen molar-refractivity contribution in [2.75, 3.05) is 31.1 Å². The lowest BCUT2D eigenvalue weighted by Crippen LogP contribution is -2.39. The molecule has 0 spiro atoms. The second kappa shape index (κ2) is 6.65. The Morgan fingerprint density at radius 3 is 2.77 bits per heavy atom. The van der Waals surface area contributed by atoms with Crippen LogP contribution in [0.25, 0.3) is 0 Å². The van der Waals surface area contributed by atoms with E-state index in [1.807, 2.05) is 20.8 Å². The van der Waals surface area contributed by atoms with Gasteiger partial charge in [-0.25, -0.2) is 9.78 Å². The number of ether oxygens (including phenoxy) is 1. The highest BCUT2D eigenvalue weighted by molar-refractivity contribution is 5.68. The first-order valence-electron chi connectivity index (χ1n) is 7.49. The number of nitrogens with zero attached hydrogens (tertiary/aromatic N) is 4. The van der Waals surface area contributed by atoms with Gasteiger partial charge in [-0.3, -0.25) is 0 Å². The monoisotopic (exact) mass is 302 g/mol. The van der Waals surface area contributed by atoms with E-state index < -0.39 is 5.60 Å². The summed E-state index contributed by atoms with van der Waals surface area (Å²) in [5, 5.41) is 9.19. The maximum absolute atomic E-state index is 12.2. The van der Waals surface area contributed by atoms with E-state index in [9.17, 15) is 10.1 Å². The third-order valence-electron chi connectivity index (χ3n) is 3.35. The number of aromatic nitrogens is 1. The van der Waals surface area contributed by atoms with Gasteiger partial charge in [-0.15, -0.1) is 0 Å². The molecular weight excluding hydrogens is 280 g/mol. The SMILES string of the molecule is CC(C)(C)OC(=O)N1CCCN(c2ncccc2C#N)CC1. The van der Waals surface area contributed by atoms with Crippen LogP contribution in [0, 0.1) is 11.3 Å². The van der Waals surface area contributed by atoms with Crippen LogP contribution in [-0.2, 0) is 4.74 Å². The first kappa shape index (κ1) is 16.1. The standard InChI is InChI=1S/C16H22N4O2/c1-16(2,3)22-15(21)20-9-5-8-19(10-11-20)14-13(12-17)6-4-7-18-14/h4,6-7H,5,8-11H2,1-3H3. The van der Waals surface area contributed by atoms with Gasteiger partial charge in [-0.2, -0.15) is 5.26 Å². The Morgan fingerprint density at radius 2 is 2.09 bits per heavy atom. The fourth-order valence-electron chi connectivity index (χ4n) is 2.37. The van der Waals surface area contributed by atoms with E-state index in [-0.39, 0.29) is 6.09 Å². The van der Waals surface area contributed by atoms with Gasteiger partial charge in [0.15, 0.2) is 0 Å². The van der Waals surface area contributed by atoms with E-state index >= 15 is 0 Å². The van der Waals surface area contributed by atoms with Crippen LogP contribution in [0.1, 0.15) is 32.8 Å². The number of anilines is 1. The summed E-state index contributed by atoms with van der Waals surface area (Å²) in [7, 11) is 0. The lowest BCUT2D eigenvalue weighted by atomic mass is 10.2. The van der Waals surface area contributed by atoms with Gasteiger partial charge < -0.3 is 14.5 Å². The quantitative estimate of drug-likeness (QED) is 0.796. The molecule has 1 fully saturated rings. The van der Waals surface area contributed by atoms with Gasteiger partial charge in [-0.1, -0.05) is 0 Å². The largest absolute Gasteiger partial charge is 0.444 e. The molecule has 118 valence electrons. The van der Waals surface area contributed by atoms with Crippen LogP contribution in [0.3, 0.4) is 0 Å². The van der Waals surface area contributed by atoms with Gasteiger partial charge >= 0.3 is 6.09 Å². The van der Waals surface area contributed by atoms with Crippen molar-refractivity contribution in [3.8, 4) is 6.07 Å². The van der Waals surface area contributed by atoms with Gasteiger partial charge in [0.05, 0.1) is 5.56 Å². The van der Waals surface area contributed by atoms with Crippen LogP contribution >= 0.6 is 0 Å². The van der Waals surface area contributed by atoms with Crippen LogP contribution in [0.5, 0.6) is 0 Å². The molecule has 1 aromatic rings. The molecule has 22 heavy (non-hydrogen) atoms. The van der Waals surface area contributed by atoms with E-state index in [1.165, 1.54) is 0 Å². The minimum Gasteiger partial charge on any atom is -0.444 e. The summed E-state index contributed by atoms with van der Waals surface area (Å²) in [6.07, 6.45) is 2.23. The first-order chi connectivity index (χ1) is 10.4. The van der Waals surface area contributed by atoms with E-state index in [0.29, 0.717) is 31.0 Å². The summed E-state index contributed by atoms with van der Waals surface area (Å²) < 4.78 is 5.42. The third kappa shape index (κ3) is 4.10. The topological polar surface area (TPSA) is 69.5 Å². The highest BCUT2D eigenvalue weighted by Gasteiger charge is 2.25. The number of rotatable bonds is 1. The van der Waals surface area contributed by atoms with Gasteiger partial charge in [0.1, 0.15) is 17.5 Å². The van der Waals surface area contributed by atoms with Crippen molar-refractivity contribution in [2.45, 2.75) is 32.8 Å². The van der Waals surface area contributed by atoms with Crippen molar-refractivity contribution >= 4 is 11.9 Å². The second-order valence-electron chi connectivity index (χ2n) is 6.29. The van der Waals surface area contributed by atoms with Gasteiger partial charge in [-0.05, 0) is 39.3 Å². The molecule has 1 saturated heterocycles. The fourth-order valence-corrected chi connectivity index (χ4v) is 2.37. The van der Waals surface area contributed by atoms with Crippen LogP contribution in [-0.4, -0.2) is 47.8 Å². The molecule has 0 saturated carbocycles. The normalized spacial score (nSPS) is 15.9. The number of amides is 1. The minimum absolute atomic E-state index is 0.282. The lowest BCUT2D eigenvalue weighted by molar-refractivity contribution is 0.0263. The zero-order valence-corrected chi connectivity index (χ0v) is 13.4. The lowest BCUT2D eigenvalue weighted by Gasteiger charge is -2.26. The average Bonchev–Trinajstić information content (AvgIpc) is 2.71. The highest BCUT2D eigenvalue weighted by atomic mass is 16.6. The number of pyridine rings is 1. The first-order valence-corrected chi connectivity index (χ1v) is 7.49. The minimum atomic E-state index is -0.488. The molecule has 0 radical (unpaired) electrons. The smallest absolute Gasteiger partial charge is 0.410 e. The molecule has 6 nitrogen and oxygen atoms in total. The molecule has 2 rings (SSSR count).